The van der Waals surface area contributed by atoms with E-state index in [1.54, 1.807) is 0 Å². The van der Waals surface area contributed by atoms with E-state index in [-0.39, 0.29) is 115 Å². The van der Waals surface area contributed by atoms with Crippen LogP contribution in [0.5, 0.6) is 23.0 Å². The maximum atomic E-state index is 6.51. The molecule has 2 N–H and O–H groups in total. The van der Waals surface area contributed by atoms with E-state index in [1.807, 2.05) is 109 Å². The van der Waals surface area contributed by atoms with E-state index in [9.17, 15) is 0 Å². The first-order chi connectivity index (χ1) is 29.9. The van der Waals surface area contributed by atoms with Gasteiger partial charge in [0.25, 0.3) is 0 Å². The van der Waals surface area contributed by atoms with Gasteiger partial charge in [-0.1, -0.05) is 60.7 Å². The van der Waals surface area contributed by atoms with Crippen LogP contribution in [-0.2, 0) is 19.5 Å². The Hall–Kier alpha value is -4.26. The van der Waals surface area contributed by atoms with Gasteiger partial charge in [-0.3, -0.25) is 8.97 Å². The van der Waals surface area contributed by atoms with E-state index < -0.39 is 0 Å². The van der Waals surface area contributed by atoms with Gasteiger partial charge in [0, 0.05) is 55.9 Å². The first-order valence-electron chi connectivity index (χ1n) is 20.4. The molecule has 17 heteroatoms. The molecule has 12 nitrogen and oxygen atoms in total. The van der Waals surface area contributed by atoms with Gasteiger partial charge in [-0.05, 0) is 60.7 Å². The third kappa shape index (κ3) is 10.1. The minimum absolute atomic E-state index is 0. The van der Waals surface area contributed by atoms with Crippen LogP contribution in [-0.4, -0.2) is 82.2 Å². The van der Waals surface area contributed by atoms with E-state index in [4.69, 9.17) is 39.4 Å². The summed E-state index contributed by atoms with van der Waals surface area (Å²) in [7, 11) is 12.8. The molecule has 0 fully saturated rings. The van der Waals surface area contributed by atoms with E-state index in [2.05, 4.69) is 76.5 Å². The maximum absolute atomic E-state index is 6.51. The maximum Gasteiger partial charge on any atom is 2.00 e. The zero-order chi connectivity index (χ0) is 42.3. The third-order valence-electron chi connectivity index (χ3n) is 11.2. The van der Waals surface area contributed by atoms with E-state index in [1.165, 1.54) is 0 Å². The summed E-state index contributed by atoms with van der Waals surface area (Å²) in [6.45, 7) is 0. The van der Waals surface area contributed by atoms with Crippen LogP contribution < -0.4 is 114 Å². The van der Waals surface area contributed by atoms with Crippen LogP contribution in [0.15, 0.2) is 133 Å². The average Bonchev–Trinajstić information content (AvgIpc) is 3.99. The normalized spacial score (nSPS) is 11.4. The molecule has 0 amide bonds. The Balaban J connectivity index is 0.00000148. The Kier molecular flexibility index (Phi) is 15.8. The van der Waals surface area contributed by atoms with Crippen molar-refractivity contribution in [1.29, 1.82) is 0 Å². The van der Waals surface area contributed by atoms with Crippen molar-refractivity contribution >= 4 is 55.5 Å². The van der Waals surface area contributed by atoms with Crippen LogP contribution in [0.1, 0.15) is 0 Å². The molecule has 67 heavy (non-hydrogen) atoms. The minimum Gasteiger partial charge on any atom is -1.00 e. The van der Waals surface area contributed by atoms with Crippen molar-refractivity contribution in [2.24, 2.45) is 0 Å². The fourth-order valence-corrected chi connectivity index (χ4v) is 7.98. The molecule has 9 aromatic rings. The standard InChI is InChI=1S/C50H42N10O2.4HI.Zn/c1-59(2,3)29-13-11-15-31(25-29)61-33-21-23-39-41(27-33)50-56-47(39)54-45-36-18-8-7-17-35(36)43(52-45)51-44-37-19-9-10-20-38(37)46(53-44)55-49-42-28-34(22-24-40(42)48(57-49)58-50)62-32-16-12-14-30(26-32)60(4,5)6;;;;;/h7-28H,1-6H3,(H2,51,52,53,54,55,56,57,58);4*1H;/q+2;;;;;+2/p-4. The number of H-pyrrole nitrogens is 2. The van der Waals surface area contributed by atoms with Crippen LogP contribution in [0.4, 0.5) is 11.4 Å². The van der Waals surface area contributed by atoms with Gasteiger partial charge in [0.2, 0.25) is 0 Å². The van der Waals surface area contributed by atoms with E-state index >= 15 is 0 Å². The van der Waals surface area contributed by atoms with Gasteiger partial charge < -0.3 is 115 Å². The number of hydrogen-bond donors (Lipinski definition) is 2. The molecule has 0 saturated carbocycles. The summed E-state index contributed by atoms with van der Waals surface area (Å²) in [5.74, 6) is 4.83. The predicted octanol–water partition coefficient (Wildman–Crippen LogP) is -1.14. The number of quaternary nitrogens is 2. The fraction of sp³-hybridized carbons (Fsp3) is 0.120. The summed E-state index contributed by atoms with van der Waals surface area (Å²) in [5.41, 5.74) is 8.00. The second-order valence-electron chi connectivity index (χ2n) is 17.3. The number of nitrogens with zero attached hydrogens (tertiary/aromatic N) is 8. The molecular weight excluding hydrogens is 1350 g/mol. The van der Waals surface area contributed by atoms with Crippen molar-refractivity contribution in [3.8, 4) is 68.5 Å². The van der Waals surface area contributed by atoms with Crippen molar-refractivity contribution in [1.82, 2.24) is 48.8 Å². The molecule has 11 rings (SSSR count). The summed E-state index contributed by atoms with van der Waals surface area (Å²) in [6, 6.07) is 44.2. The monoisotopic (exact) mass is 1390 g/mol. The molecule has 2 aliphatic heterocycles. The molecule has 6 aromatic carbocycles. The largest absolute Gasteiger partial charge is 2.00 e. The van der Waals surface area contributed by atoms with Gasteiger partial charge in [-0.15, -0.1) is 0 Å². The van der Waals surface area contributed by atoms with E-state index in [0.29, 0.717) is 66.4 Å². The Morgan fingerprint density at radius 2 is 0.716 bits per heavy atom. The molecule has 0 spiro atoms. The first kappa shape index (κ1) is 52.1. The van der Waals surface area contributed by atoms with Gasteiger partial charge in [-0.25, -0.2) is 29.9 Å². The number of aromatic nitrogens is 8. The Morgan fingerprint density at radius 1 is 0.343 bits per heavy atom. The molecule has 2 aliphatic rings. The summed E-state index contributed by atoms with van der Waals surface area (Å²) < 4.78 is 14.3. The molecular formula is C50H42I4N10O2Zn. The van der Waals surface area contributed by atoms with Crippen LogP contribution >= 0.6 is 0 Å². The average molecular weight is 1390 g/mol. The van der Waals surface area contributed by atoms with Gasteiger partial charge in [0.05, 0.1) is 42.3 Å². The van der Waals surface area contributed by atoms with Gasteiger partial charge in [0.1, 0.15) is 57.0 Å². The molecule has 0 radical (unpaired) electrons. The SMILES string of the molecule is C[N+](C)(C)c1cccc(Oc2ccc3c(c2)-c2nc-3nc3[nH]c(nc4nc(nc5[nH]c(n2)c2ccc(Oc6cccc([N+](C)(C)C)c6)cc52)-c2ccccc2-4)c2ccccc32)c1.[I-].[I-].[I-].[I-].[Zn+2]. The molecule has 3 aromatic heterocycles. The zero-order valence-electron chi connectivity index (χ0n) is 37.3. The number of fused-ring (bicyclic) bond motifs is 20. The third-order valence-corrected chi connectivity index (χ3v) is 11.2. The number of aromatic amines is 2. The summed E-state index contributed by atoms with van der Waals surface area (Å²) in [6.07, 6.45) is 0. The second-order valence-corrected chi connectivity index (χ2v) is 17.3. The molecule has 5 heterocycles. The summed E-state index contributed by atoms with van der Waals surface area (Å²) >= 11 is 0. The second kappa shape index (κ2) is 20.4. The van der Waals surface area contributed by atoms with Crippen molar-refractivity contribution in [3.63, 3.8) is 0 Å². The quantitative estimate of drug-likeness (QED) is 0.122. The van der Waals surface area contributed by atoms with Crippen LogP contribution in [0.2, 0.25) is 0 Å². The number of ether oxygens (including phenoxy) is 2. The number of nitrogens with one attached hydrogen (secondary N) is 2. The minimum atomic E-state index is 0. The summed E-state index contributed by atoms with van der Waals surface area (Å²) in [5, 5.41) is 3.46. The summed E-state index contributed by atoms with van der Waals surface area (Å²) in [4.78, 5) is 38.0. The fourth-order valence-electron chi connectivity index (χ4n) is 7.98. The number of hydrogen-bond acceptors (Lipinski definition) is 8. The van der Waals surface area contributed by atoms with Crippen molar-refractivity contribution in [3.05, 3.63) is 133 Å². The first-order valence-corrected chi connectivity index (χ1v) is 20.4. The van der Waals surface area contributed by atoms with Crippen molar-refractivity contribution in [2.45, 2.75) is 0 Å². The van der Waals surface area contributed by atoms with Gasteiger partial charge >= 0.3 is 19.5 Å². The Labute approximate surface area is 468 Å². The molecule has 0 unspecified atom stereocenters. The van der Waals surface area contributed by atoms with Crippen LogP contribution in [0, 0.1) is 0 Å². The predicted molar refractivity (Wildman–Crippen MR) is 248 cm³/mol. The van der Waals surface area contributed by atoms with Crippen LogP contribution in [0.3, 0.4) is 0 Å². The van der Waals surface area contributed by atoms with Crippen molar-refractivity contribution < 1.29 is 125 Å². The number of benzene rings is 6. The molecule has 0 atom stereocenters. The molecule has 334 valence electrons. The number of rotatable bonds is 6. The smallest absolute Gasteiger partial charge is 1.00 e. The molecule has 8 bridgehead atoms. The molecule has 0 saturated heterocycles. The zero-order valence-corrected chi connectivity index (χ0v) is 48.9. The van der Waals surface area contributed by atoms with Crippen molar-refractivity contribution in [2.75, 3.05) is 42.3 Å². The van der Waals surface area contributed by atoms with Crippen LogP contribution in [0.25, 0.3) is 89.7 Å². The Bertz CT molecular complexity index is 3500. The van der Waals surface area contributed by atoms with E-state index in [0.717, 1.165) is 66.7 Å². The van der Waals surface area contributed by atoms with Gasteiger partial charge in [-0.2, -0.15) is 0 Å². The molecule has 0 aliphatic carbocycles. The Morgan fingerprint density at radius 3 is 1.19 bits per heavy atom. The topological polar surface area (TPSA) is 127 Å². The van der Waals surface area contributed by atoms with Gasteiger partial charge in [0.15, 0.2) is 23.3 Å². The number of halogens is 4.